The van der Waals surface area contributed by atoms with Gasteiger partial charge in [0.15, 0.2) is 5.66 Å². The van der Waals surface area contributed by atoms with Gasteiger partial charge in [-0.25, -0.2) is 0 Å². The molecular formula is C15H24N4O. The van der Waals surface area contributed by atoms with Crippen LogP contribution in [0, 0.1) is 18.3 Å². The quantitative estimate of drug-likeness (QED) is 0.721. The number of hydrogen-bond donors (Lipinski definition) is 1. The van der Waals surface area contributed by atoms with Gasteiger partial charge in [0.1, 0.15) is 0 Å². The molecule has 2 rings (SSSR count). The second-order valence-electron chi connectivity index (χ2n) is 5.96. The Labute approximate surface area is 121 Å². The lowest BCUT2D eigenvalue weighted by molar-refractivity contribution is -0.121. The summed E-state index contributed by atoms with van der Waals surface area (Å²) in [7, 11) is 2.14. The zero-order valence-corrected chi connectivity index (χ0v) is 12.3. The molecule has 0 aromatic rings. The molecule has 0 bridgehead atoms. The highest BCUT2D eigenvalue weighted by molar-refractivity contribution is 5.76. The summed E-state index contributed by atoms with van der Waals surface area (Å²) in [6.45, 7) is 3.04. The van der Waals surface area contributed by atoms with Crippen LogP contribution >= 0.6 is 0 Å². The highest BCUT2D eigenvalue weighted by atomic mass is 16.1. The first-order chi connectivity index (χ1) is 9.63. The minimum atomic E-state index is -0.339. The van der Waals surface area contributed by atoms with Gasteiger partial charge < -0.3 is 10.2 Å². The largest absolute Gasteiger partial charge is 0.356 e. The van der Waals surface area contributed by atoms with Crippen LogP contribution in [0.2, 0.25) is 0 Å². The zero-order chi connectivity index (χ0) is 14.4. The van der Waals surface area contributed by atoms with Crippen molar-refractivity contribution < 1.29 is 4.79 Å². The summed E-state index contributed by atoms with van der Waals surface area (Å²) in [5, 5.41) is 11.1. The lowest BCUT2D eigenvalue weighted by Gasteiger charge is -2.29. The molecule has 2 aliphatic rings. The molecule has 0 saturated carbocycles. The van der Waals surface area contributed by atoms with Gasteiger partial charge in [0.05, 0.1) is 0 Å². The first-order valence-electron chi connectivity index (χ1n) is 7.46. The number of nitrogens with one attached hydrogen (secondary N) is 1. The van der Waals surface area contributed by atoms with Gasteiger partial charge in [-0.05, 0) is 32.4 Å². The van der Waals surface area contributed by atoms with Gasteiger partial charge in [-0.15, -0.1) is 12.3 Å². The Bertz CT molecular complexity index is 407. The molecule has 1 amide bonds. The molecule has 0 aromatic carbocycles. The minimum absolute atomic E-state index is 0.107. The van der Waals surface area contributed by atoms with Crippen LogP contribution in [-0.2, 0) is 4.79 Å². The molecular weight excluding hydrogens is 252 g/mol. The fourth-order valence-corrected chi connectivity index (χ4v) is 2.77. The molecule has 0 aromatic heterocycles. The van der Waals surface area contributed by atoms with Crippen molar-refractivity contribution in [2.45, 2.75) is 44.2 Å². The van der Waals surface area contributed by atoms with Crippen molar-refractivity contribution >= 4 is 5.91 Å². The van der Waals surface area contributed by atoms with Gasteiger partial charge in [-0.2, -0.15) is 10.2 Å². The average molecular weight is 276 g/mol. The third-order valence-electron chi connectivity index (χ3n) is 4.11. The predicted molar refractivity (Wildman–Crippen MR) is 78.1 cm³/mol. The standard InChI is InChI=1S/C15H24N4O/c1-3-4-8-15(17-18-15)9-7-14(20)16-11-13-6-5-10-19(2)12-13/h1,13H,4-12H2,2H3,(H,16,20). The lowest BCUT2D eigenvalue weighted by atomic mass is 9.98. The molecule has 5 heteroatoms. The van der Waals surface area contributed by atoms with E-state index in [1.54, 1.807) is 0 Å². The third kappa shape index (κ3) is 4.61. The van der Waals surface area contributed by atoms with E-state index in [9.17, 15) is 4.79 Å². The van der Waals surface area contributed by atoms with E-state index in [2.05, 4.69) is 33.4 Å². The van der Waals surface area contributed by atoms with E-state index in [4.69, 9.17) is 6.42 Å². The molecule has 1 saturated heterocycles. The summed E-state index contributed by atoms with van der Waals surface area (Å²) in [4.78, 5) is 14.2. The van der Waals surface area contributed by atoms with Crippen LogP contribution < -0.4 is 5.32 Å². The molecule has 1 fully saturated rings. The van der Waals surface area contributed by atoms with Crippen molar-refractivity contribution in [3.05, 3.63) is 0 Å². The van der Waals surface area contributed by atoms with Crippen LogP contribution in [0.1, 0.15) is 38.5 Å². The molecule has 2 heterocycles. The van der Waals surface area contributed by atoms with Gasteiger partial charge in [0, 0.05) is 38.8 Å². The SMILES string of the molecule is C#CCCC1(CCC(=O)NCC2CCCN(C)C2)N=N1. The molecule has 0 spiro atoms. The summed E-state index contributed by atoms with van der Waals surface area (Å²) < 4.78 is 0. The molecule has 2 aliphatic heterocycles. The Morgan fingerprint density at radius 3 is 2.95 bits per heavy atom. The number of terminal acetylenes is 1. The maximum Gasteiger partial charge on any atom is 0.220 e. The van der Waals surface area contributed by atoms with E-state index < -0.39 is 0 Å². The normalized spacial score (nSPS) is 24.1. The summed E-state index contributed by atoms with van der Waals surface area (Å²) in [6.07, 6.45) is 10.3. The molecule has 20 heavy (non-hydrogen) atoms. The van der Waals surface area contributed by atoms with Crippen molar-refractivity contribution in [3.8, 4) is 12.3 Å². The third-order valence-corrected chi connectivity index (χ3v) is 4.11. The molecule has 0 radical (unpaired) electrons. The fourth-order valence-electron chi connectivity index (χ4n) is 2.77. The van der Waals surface area contributed by atoms with Crippen LogP contribution in [0.5, 0.6) is 0 Å². The zero-order valence-electron chi connectivity index (χ0n) is 12.3. The first-order valence-corrected chi connectivity index (χ1v) is 7.46. The van der Waals surface area contributed by atoms with Crippen molar-refractivity contribution in [2.75, 3.05) is 26.7 Å². The maximum absolute atomic E-state index is 11.9. The van der Waals surface area contributed by atoms with Gasteiger partial charge in [-0.1, -0.05) is 0 Å². The van der Waals surface area contributed by atoms with Gasteiger partial charge in [0.25, 0.3) is 0 Å². The number of likely N-dealkylation sites (tertiary alicyclic amines) is 1. The van der Waals surface area contributed by atoms with Gasteiger partial charge in [0.2, 0.25) is 5.91 Å². The van der Waals surface area contributed by atoms with E-state index in [0.717, 1.165) is 19.5 Å². The number of rotatable bonds is 7. The van der Waals surface area contributed by atoms with Crippen molar-refractivity contribution in [2.24, 2.45) is 16.1 Å². The fraction of sp³-hybridized carbons (Fsp3) is 0.800. The topological polar surface area (TPSA) is 57.1 Å². The highest BCUT2D eigenvalue weighted by Gasteiger charge is 2.39. The molecule has 1 atom stereocenters. The average Bonchev–Trinajstić information content (AvgIpc) is 3.21. The van der Waals surface area contributed by atoms with Crippen molar-refractivity contribution in [3.63, 3.8) is 0 Å². The number of hydrogen-bond acceptors (Lipinski definition) is 4. The van der Waals surface area contributed by atoms with E-state index in [1.807, 2.05) is 0 Å². The molecule has 5 nitrogen and oxygen atoms in total. The smallest absolute Gasteiger partial charge is 0.220 e. The van der Waals surface area contributed by atoms with E-state index in [-0.39, 0.29) is 11.6 Å². The van der Waals surface area contributed by atoms with Gasteiger partial charge in [-0.3, -0.25) is 4.79 Å². The van der Waals surface area contributed by atoms with Crippen LogP contribution in [0.3, 0.4) is 0 Å². The van der Waals surface area contributed by atoms with E-state index in [1.165, 1.54) is 19.4 Å². The second-order valence-corrected chi connectivity index (χ2v) is 5.96. The Balaban J connectivity index is 1.60. The Kier molecular flexibility index (Phi) is 5.13. The lowest BCUT2D eigenvalue weighted by Crippen LogP contribution is -2.39. The molecule has 110 valence electrons. The van der Waals surface area contributed by atoms with Gasteiger partial charge >= 0.3 is 0 Å². The summed E-state index contributed by atoms with van der Waals surface area (Å²) in [6, 6.07) is 0. The van der Waals surface area contributed by atoms with Crippen LogP contribution in [0.15, 0.2) is 10.2 Å². The number of carbonyl (C=O) groups is 1. The van der Waals surface area contributed by atoms with E-state index in [0.29, 0.717) is 25.2 Å². The molecule has 1 N–H and O–H groups in total. The van der Waals surface area contributed by atoms with Crippen LogP contribution in [0.25, 0.3) is 0 Å². The second kappa shape index (κ2) is 6.85. The summed E-state index contributed by atoms with van der Waals surface area (Å²) in [5.74, 6) is 3.29. The number of amides is 1. The number of carbonyl (C=O) groups excluding carboxylic acids is 1. The minimum Gasteiger partial charge on any atom is -0.356 e. The van der Waals surface area contributed by atoms with Crippen LogP contribution in [0.4, 0.5) is 0 Å². The predicted octanol–water partition coefficient (Wildman–Crippen LogP) is 1.80. The van der Waals surface area contributed by atoms with Crippen molar-refractivity contribution in [1.29, 1.82) is 0 Å². The maximum atomic E-state index is 11.9. The summed E-state index contributed by atoms with van der Waals surface area (Å²) in [5.41, 5.74) is -0.339. The van der Waals surface area contributed by atoms with E-state index >= 15 is 0 Å². The monoisotopic (exact) mass is 276 g/mol. The number of piperidine rings is 1. The Morgan fingerprint density at radius 1 is 1.50 bits per heavy atom. The highest BCUT2D eigenvalue weighted by Crippen LogP contribution is 2.37. The molecule has 0 aliphatic carbocycles. The number of nitrogens with zero attached hydrogens (tertiary/aromatic N) is 3. The Hall–Kier alpha value is -1.41. The summed E-state index contributed by atoms with van der Waals surface area (Å²) >= 11 is 0. The van der Waals surface area contributed by atoms with Crippen molar-refractivity contribution in [1.82, 2.24) is 10.2 Å². The Morgan fingerprint density at radius 2 is 2.30 bits per heavy atom. The first kappa shape index (κ1) is 15.0. The van der Waals surface area contributed by atoms with Crippen LogP contribution in [-0.4, -0.2) is 43.2 Å². The molecule has 1 unspecified atom stereocenters.